The van der Waals surface area contributed by atoms with E-state index in [0.717, 1.165) is 42.3 Å². The van der Waals surface area contributed by atoms with E-state index in [1.807, 2.05) is 11.0 Å². The van der Waals surface area contributed by atoms with E-state index in [9.17, 15) is 14.0 Å². The molecule has 1 aliphatic heterocycles. The minimum Gasteiger partial charge on any atom is -0.396 e. The third-order valence-electron chi connectivity index (χ3n) is 5.71. The number of fused-ring (bicyclic) bond motifs is 1. The number of rotatable bonds is 6. The number of aliphatic hydroxyl groups is 1. The number of carbonyl (C=O) groups is 2. The fourth-order valence-electron chi connectivity index (χ4n) is 4.17. The van der Waals surface area contributed by atoms with Gasteiger partial charge >= 0.3 is 6.03 Å². The highest BCUT2D eigenvalue weighted by Crippen LogP contribution is 2.31. The molecule has 3 amide bonds. The van der Waals surface area contributed by atoms with Crippen LogP contribution < -0.4 is 5.32 Å². The number of H-pyrrole nitrogens is 1. The van der Waals surface area contributed by atoms with Crippen molar-refractivity contribution in [3.63, 3.8) is 0 Å². The number of hydrogen-bond acceptors (Lipinski definition) is 3. The number of nitrogens with one attached hydrogen (secondary N) is 2. The summed E-state index contributed by atoms with van der Waals surface area (Å²) in [6.07, 6.45) is 3.83. The molecule has 0 bridgehead atoms. The lowest BCUT2D eigenvalue weighted by atomic mass is 10.0. The molecule has 1 aromatic carbocycles. The molecule has 0 spiro atoms. The first-order valence-electron chi connectivity index (χ1n) is 10.3. The van der Waals surface area contributed by atoms with Gasteiger partial charge in [0, 0.05) is 42.1 Å². The minimum absolute atomic E-state index is 0.00398. The van der Waals surface area contributed by atoms with Gasteiger partial charge in [0.2, 0.25) is 5.91 Å². The number of aromatic nitrogens is 1. The second-order valence-electron chi connectivity index (χ2n) is 7.93. The summed E-state index contributed by atoms with van der Waals surface area (Å²) < 4.78 is 13.4. The molecule has 0 radical (unpaired) electrons. The quantitative estimate of drug-likeness (QED) is 0.693. The molecule has 1 atom stereocenters. The third kappa shape index (κ3) is 4.53. The van der Waals surface area contributed by atoms with Gasteiger partial charge in [-0.2, -0.15) is 0 Å². The van der Waals surface area contributed by atoms with Crippen molar-refractivity contribution >= 4 is 22.8 Å². The van der Waals surface area contributed by atoms with E-state index in [0.29, 0.717) is 19.6 Å². The Hall–Kier alpha value is -2.61. The summed E-state index contributed by atoms with van der Waals surface area (Å²) in [7, 11) is 0. The number of hydrogen-bond donors (Lipinski definition) is 3. The first-order valence-corrected chi connectivity index (χ1v) is 10.3. The molecule has 7 nitrogen and oxygen atoms in total. The van der Waals surface area contributed by atoms with Crippen molar-refractivity contribution in [1.29, 1.82) is 0 Å². The van der Waals surface area contributed by atoms with Gasteiger partial charge in [-0.1, -0.05) is 0 Å². The summed E-state index contributed by atoms with van der Waals surface area (Å²) in [6.45, 7) is 1.38. The lowest BCUT2D eigenvalue weighted by Gasteiger charge is -2.39. The van der Waals surface area contributed by atoms with Gasteiger partial charge in [-0.3, -0.25) is 4.79 Å². The molecule has 29 heavy (non-hydrogen) atoms. The summed E-state index contributed by atoms with van der Waals surface area (Å²) in [6, 6.07) is 6.50. The summed E-state index contributed by atoms with van der Waals surface area (Å²) >= 11 is 0. The molecule has 3 N–H and O–H groups in total. The Labute approximate surface area is 168 Å². The maximum atomic E-state index is 13.4. The number of likely N-dealkylation sites (tertiary alicyclic amines) is 1. The topological polar surface area (TPSA) is 88.7 Å². The van der Waals surface area contributed by atoms with Gasteiger partial charge in [-0.25, -0.2) is 9.18 Å². The number of piperidine rings is 1. The largest absolute Gasteiger partial charge is 0.396 e. The summed E-state index contributed by atoms with van der Waals surface area (Å²) in [5, 5.41) is 12.8. The van der Waals surface area contributed by atoms with Gasteiger partial charge in [0.05, 0.1) is 19.2 Å². The number of carbonyl (C=O) groups excluding carboxylic acids is 2. The Kier molecular flexibility index (Phi) is 5.71. The van der Waals surface area contributed by atoms with Gasteiger partial charge in [-0.15, -0.1) is 0 Å². The highest BCUT2D eigenvalue weighted by molar-refractivity contribution is 5.81. The maximum absolute atomic E-state index is 13.4. The van der Waals surface area contributed by atoms with E-state index in [1.54, 1.807) is 11.0 Å². The van der Waals surface area contributed by atoms with Crippen LogP contribution in [0, 0.1) is 5.82 Å². The SMILES string of the molecule is O=C(CCO)N1CCC[C@@H](N(C(=O)NCc2cc3cc(F)ccc3[nH]2)C2CC2)C1. The molecule has 2 heterocycles. The van der Waals surface area contributed by atoms with Crippen molar-refractivity contribution < 1.29 is 19.1 Å². The molecule has 1 saturated heterocycles. The van der Waals surface area contributed by atoms with Gasteiger partial charge in [0.15, 0.2) is 0 Å². The summed E-state index contributed by atoms with van der Waals surface area (Å²) in [4.78, 5) is 32.0. The molecule has 1 aromatic heterocycles. The van der Waals surface area contributed by atoms with Crippen LogP contribution in [0.2, 0.25) is 0 Å². The van der Waals surface area contributed by atoms with Crippen LogP contribution in [0.5, 0.6) is 0 Å². The molecule has 8 heteroatoms. The fraction of sp³-hybridized carbons (Fsp3) is 0.524. The van der Waals surface area contributed by atoms with Crippen LogP contribution in [-0.2, 0) is 11.3 Å². The van der Waals surface area contributed by atoms with Crippen molar-refractivity contribution in [3.05, 3.63) is 35.8 Å². The number of benzene rings is 1. The van der Waals surface area contributed by atoms with Crippen molar-refractivity contribution in [1.82, 2.24) is 20.1 Å². The van der Waals surface area contributed by atoms with Gasteiger partial charge < -0.3 is 25.2 Å². The van der Waals surface area contributed by atoms with Gasteiger partial charge in [0.25, 0.3) is 0 Å². The fourth-order valence-corrected chi connectivity index (χ4v) is 4.17. The average Bonchev–Trinajstić information content (AvgIpc) is 3.45. The first kappa shape index (κ1) is 19.7. The zero-order valence-electron chi connectivity index (χ0n) is 16.4. The Bertz CT molecular complexity index is 895. The predicted molar refractivity (Wildman–Crippen MR) is 107 cm³/mol. The number of nitrogens with zero attached hydrogens (tertiary/aromatic N) is 2. The molecule has 1 saturated carbocycles. The summed E-state index contributed by atoms with van der Waals surface area (Å²) in [5.74, 6) is -0.344. The molecule has 156 valence electrons. The van der Waals surface area contributed by atoms with E-state index in [4.69, 9.17) is 5.11 Å². The zero-order chi connectivity index (χ0) is 20.4. The predicted octanol–water partition coefficient (Wildman–Crippen LogP) is 2.35. The highest BCUT2D eigenvalue weighted by Gasteiger charge is 2.39. The third-order valence-corrected chi connectivity index (χ3v) is 5.71. The smallest absolute Gasteiger partial charge is 0.318 e. The van der Waals surface area contributed by atoms with Crippen LogP contribution in [-0.4, -0.2) is 63.6 Å². The molecule has 0 unspecified atom stereocenters. The Morgan fingerprint density at radius 3 is 2.83 bits per heavy atom. The number of aliphatic hydroxyl groups excluding tert-OH is 1. The second-order valence-corrected chi connectivity index (χ2v) is 7.93. The van der Waals surface area contributed by atoms with Crippen LogP contribution >= 0.6 is 0 Å². The normalized spacial score (nSPS) is 19.4. The van der Waals surface area contributed by atoms with E-state index in [2.05, 4.69) is 10.3 Å². The van der Waals surface area contributed by atoms with Crippen molar-refractivity contribution in [3.8, 4) is 0 Å². The molecular weight excluding hydrogens is 375 g/mol. The number of urea groups is 1. The molecule has 2 fully saturated rings. The Morgan fingerprint density at radius 1 is 1.24 bits per heavy atom. The average molecular weight is 402 g/mol. The minimum atomic E-state index is -0.287. The standard InChI is InChI=1S/C21H27FN4O3/c22-15-3-6-19-14(10-15)11-16(24-19)12-23-21(29)26(17-4-5-17)18-2-1-8-25(13-18)20(28)7-9-27/h3,6,10-11,17-18,24,27H,1-2,4-5,7-9,12-13H2,(H,23,29)/t18-/m1/s1. The van der Waals surface area contributed by atoms with E-state index < -0.39 is 0 Å². The Balaban J connectivity index is 1.40. The highest BCUT2D eigenvalue weighted by atomic mass is 19.1. The van der Waals surface area contributed by atoms with Gasteiger partial charge in [0.1, 0.15) is 5.82 Å². The number of aromatic amines is 1. The number of amides is 3. The van der Waals surface area contributed by atoms with Crippen LogP contribution in [0.4, 0.5) is 9.18 Å². The molecule has 1 aliphatic carbocycles. The maximum Gasteiger partial charge on any atom is 0.318 e. The first-order chi connectivity index (χ1) is 14.0. The van der Waals surface area contributed by atoms with Crippen LogP contribution in [0.25, 0.3) is 10.9 Å². The number of halogens is 1. The van der Waals surface area contributed by atoms with Crippen molar-refractivity contribution in [2.24, 2.45) is 0 Å². The molecule has 2 aliphatic rings. The lowest BCUT2D eigenvalue weighted by Crippen LogP contribution is -2.55. The van der Waals surface area contributed by atoms with E-state index in [-0.39, 0.29) is 42.9 Å². The van der Waals surface area contributed by atoms with Gasteiger partial charge in [-0.05, 0) is 49.9 Å². The summed E-state index contributed by atoms with van der Waals surface area (Å²) in [5.41, 5.74) is 1.65. The van der Waals surface area contributed by atoms with Crippen molar-refractivity contribution in [2.45, 2.75) is 50.7 Å². The van der Waals surface area contributed by atoms with Crippen LogP contribution in [0.15, 0.2) is 24.3 Å². The lowest BCUT2D eigenvalue weighted by molar-refractivity contribution is -0.133. The van der Waals surface area contributed by atoms with E-state index in [1.165, 1.54) is 12.1 Å². The molecule has 4 rings (SSSR count). The Morgan fingerprint density at radius 2 is 2.07 bits per heavy atom. The molecule has 2 aromatic rings. The second kappa shape index (κ2) is 8.41. The zero-order valence-corrected chi connectivity index (χ0v) is 16.4. The van der Waals surface area contributed by atoms with Crippen LogP contribution in [0.3, 0.4) is 0 Å². The van der Waals surface area contributed by atoms with Crippen LogP contribution in [0.1, 0.15) is 37.8 Å². The monoisotopic (exact) mass is 402 g/mol. The molecular formula is C21H27FN4O3. The van der Waals surface area contributed by atoms with Crippen molar-refractivity contribution in [2.75, 3.05) is 19.7 Å². The van der Waals surface area contributed by atoms with E-state index >= 15 is 0 Å².